The van der Waals surface area contributed by atoms with Crippen molar-refractivity contribution in [3.63, 3.8) is 0 Å². The Bertz CT molecular complexity index is 1180. The Balaban J connectivity index is 1.97. The van der Waals surface area contributed by atoms with Crippen molar-refractivity contribution in [2.45, 2.75) is 14.7 Å². The molecule has 0 radical (unpaired) electrons. The molecule has 0 spiro atoms. The minimum absolute atomic E-state index is 0.0428. The Morgan fingerprint density at radius 1 is 0.667 bits per heavy atom. The molecule has 0 atom stereocenters. The molecule has 0 N–H and O–H groups in total. The van der Waals surface area contributed by atoms with Crippen LogP contribution in [-0.4, -0.2) is 16.8 Å². The molecule has 3 aromatic rings. The molecule has 3 rings (SSSR count). The van der Waals surface area contributed by atoms with E-state index >= 15 is 0 Å². The highest BCUT2D eigenvalue weighted by molar-refractivity contribution is 7.94. The van der Waals surface area contributed by atoms with Gasteiger partial charge in [-0.15, -0.1) is 0 Å². The largest absolute Gasteiger partial charge is 0.219 e. The third kappa shape index (κ3) is 4.47. The van der Waals surface area contributed by atoms with E-state index < -0.39 is 19.7 Å². The monoisotopic (exact) mass is 418 g/mol. The van der Waals surface area contributed by atoms with E-state index in [9.17, 15) is 16.8 Å². The van der Waals surface area contributed by atoms with Crippen LogP contribution < -0.4 is 0 Å². The van der Waals surface area contributed by atoms with E-state index in [0.29, 0.717) is 5.02 Å². The van der Waals surface area contributed by atoms with Crippen molar-refractivity contribution in [1.82, 2.24) is 0 Å². The lowest BCUT2D eigenvalue weighted by atomic mass is 10.2. The summed E-state index contributed by atoms with van der Waals surface area (Å²) in [5.41, 5.74) is 0.728. The summed E-state index contributed by atoms with van der Waals surface area (Å²) < 4.78 is 50.6. The number of hydrogen-bond donors (Lipinski definition) is 0. The van der Waals surface area contributed by atoms with Crippen LogP contribution in [0.25, 0.3) is 6.08 Å². The zero-order valence-corrected chi connectivity index (χ0v) is 16.4. The van der Waals surface area contributed by atoms with Crippen molar-refractivity contribution < 1.29 is 16.8 Å². The molecule has 0 aliphatic heterocycles. The normalized spacial score (nSPS) is 12.3. The maximum atomic E-state index is 12.7. The van der Waals surface area contributed by atoms with Crippen LogP contribution in [0, 0.1) is 0 Å². The first-order chi connectivity index (χ1) is 12.8. The minimum Gasteiger partial charge on any atom is -0.219 e. The first-order valence-corrected chi connectivity index (χ1v) is 11.3. The van der Waals surface area contributed by atoms with Crippen LogP contribution in [0.1, 0.15) is 5.56 Å². The predicted octanol–water partition coefficient (Wildman–Crippen LogP) is 4.62. The molecule has 0 aromatic heterocycles. The first-order valence-electron chi connectivity index (χ1n) is 7.88. The molecule has 0 saturated carbocycles. The Morgan fingerprint density at radius 3 is 1.96 bits per heavy atom. The first kappa shape index (κ1) is 19.4. The highest BCUT2D eigenvalue weighted by Crippen LogP contribution is 2.25. The summed E-state index contributed by atoms with van der Waals surface area (Å²) in [6.07, 6.45) is 1.47. The number of halogens is 1. The maximum absolute atomic E-state index is 12.7. The van der Waals surface area contributed by atoms with Gasteiger partial charge in [-0.25, -0.2) is 16.8 Å². The zero-order valence-electron chi connectivity index (χ0n) is 14.0. The van der Waals surface area contributed by atoms with Crippen molar-refractivity contribution in [2.24, 2.45) is 0 Å². The standard InChI is InChI=1S/C20H15ClO4S2/c21-17-9-11-18(12-10-17)27(24,25)20-8-4-7-19(15-20)26(22,23)14-13-16-5-2-1-3-6-16/h1-15H. The second-order valence-electron chi connectivity index (χ2n) is 5.69. The van der Waals surface area contributed by atoms with Crippen molar-refractivity contribution in [2.75, 3.05) is 0 Å². The number of hydrogen-bond acceptors (Lipinski definition) is 4. The fraction of sp³-hybridized carbons (Fsp3) is 0. The van der Waals surface area contributed by atoms with Gasteiger partial charge in [0.05, 0.1) is 14.7 Å². The van der Waals surface area contributed by atoms with Crippen LogP contribution >= 0.6 is 11.6 Å². The fourth-order valence-electron chi connectivity index (χ4n) is 2.38. The van der Waals surface area contributed by atoms with Gasteiger partial charge in [0.1, 0.15) is 0 Å². The van der Waals surface area contributed by atoms with Crippen LogP contribution in [0.2, 0.25) is 5.02 Å². The van der Waals surface area contributed by atoms with E-state index in [1.807, 2.05) is 6.07 Å². The molecular weight excluding hydrogens is 404 g/mol. The van der Waals surface area contributed by atoms with Crippen molar-refractivity contribution in [3.05, 3.63) is 94.9 Å². The van der Waals surface area contributed by atoms with Gasteiger partial charge in [-0.3, -0.25) is 0 Å². The molecule has 0 amide bonds. The molecule has 0 aliphatic carbocycles. The van der Waals surface area contributed by atoms with E-state index in [1.54, 1.807) is 24.3 Å². The Labute approximate surface area is 163 Å². The van der Waals surface area contributed by atoms with Gasteiger partial charge >= 0.3 is 0 Å². The van der Waals surface area contributed by atoms with Gasteiger partial charge in [-0.2, -0.15) is 0 Å². The molecule has 0 bridgehead atoms. The Kier molecular flexibility index (Phi) is 5.51. The molecule has 27 heavy (non-hydrogen) atoms. The van der Waals surface area contributed by atoms with Crippen LogP contribution in [0.15, 0.2) is 99.0 Å². The lowest BCUT2D eigenvalue weighted by Crippen LogP contribution is -2.04. The average molecular weight is 419 g/mol. The van der Waals surface area contributed by atoms with Gasteiger partial charge in [0.25, 0.3) is 0 Å². The summed E-state index contributed by atoms with van der Waals surface area (Å²) in [6.45, 7) is 0. The van der Waals surface area contributed by atoms with Gasteiger partial charge in [0, 0.05) is 10.4 Å². The molecule has 0 aliphatic rings. The molecule has 138 valence electrons. The van der Waals surface area contributed by atoms with Gasteiger partial charge in [0.15, 0.2) is 9.84 Å². The molecule has 0 saturated heterocycles. The minimum atomic E-state index is -3.85. The Morgan fingerprint density at radius 2 is 1.30 bits per heavy atom. The molecule has 3 aromatic carbocycles. The van der Waals surface area contributed by atoms with Crippen molar-refractivity contribution >= 4 is 37.4 Å². The molecule has 0 fully saturated rings. The quantitative estimate of drug-likeness (QED) is 0.606. The summed E-state index contributed by atoms with van der Waals surface area (Å²) >= 11 is 5.80. The lowest BCUT2D eigenvalue weighted by Gasteiger charge is -2.07. The second kappa shape index (κ2) is 7.68. The Hall–Kier alpha value is -2.41. The van der Waals surface area contributed by atoms with Crippen LogP contribution in [-0.2, 0) is 19.7 Å². The molecule has 7 heteroatoms. The van der Waals surface area contributed by atoms with E-state index in [0.717, 1.165) is 17.0 Å². The van der Waals surface area contributed by atoms with Gasteiger partial charge < -0.3 is 0 Å². The second-order valence-corrected chi connectivity index (χ2v) is 9.91. The highest BCUT2D eigenvalue weighted by atomic mass is 35.5. The van der Waals surface area contributed by atoms with E-state index in [4.69, 9.17) is 11.6 Å². The van der Waals surface area contributed by atoms with Gasteiger partial charge in [0.2, 0.25) is 9.84 Å². The molecular formula is C20H15ClO4S2. The van der Waals surface area contributed by atoms with Crippen LogP contribution in [0.4, 0.5) is 0 Å². The van der Waals surface area contributed by atoms with Gasteiger partial charge in [-0.1, -0.05) is 48.0 Å². The summed E-state index contributed by atoms with van der Waals surface area (Å²) in [5.74, 6) is 0. The fourth-order valence-corrected chi connectivity index (χ4v) is 4.94. The van der Waals surface area contributed by atoms with E-state index in [1.165, 1.54) is 48.5 Å². The third-order valence-corrected chi connectivity index (χ3v) is 7.23. The lowest BCUT2D eigenvalue weighted by molar-refractivity contribution is 0.595. The molecule has 0 unspecified atom stereocenters. The average Bonchev–Trinajstić information content (AvgIpc) is 2.68. The highest BCUT2D eigenvalue weighted by Gasteiger charge is 2.20. The topological polar surface area (TPSA) is 68.3 Å². The van der Waals surface area contributed by atoms with E-state index in [2.05, 4.69) is 0 Å². The van der Waals surface area contributed by atoms with Gasteiger partial charge in [-0.05, 0) is 54.1 Å². The molecule has 4 nitrogen and oxygen atoms in total. The van der Waals surface area contributed by atoms with Crippen molar-refractivity contribution in [3.8, 4) is 0 Å². The summed E-state index contributed by atoms with van der Waals surface area (Å²) in [7, 11) is -7.65. The molecule has 0 heterocycles. The number of sulfone groups is 2. The summed E-state index contributed by atoms with van der Waals surface area (Å²) in [6, 6.07) is 20.0. The maximum Gasteiger partial charge on any atom is 0.206 e. The van der Waals surface area contributed by atoms with Crippen LogP contribution in [0.5, 0.6) is 0 Å². The summed E-state index contributed by atoms with van der Waals surface area (Å²) in [4.78, 5) is -0.148. The SMILES string of the molecule is O=S(=O)(C=Cc1ccccc1)c1cccc(S(=O)(=O)c2ccc(Cl)cc2)c1. The predicted molar refractivity (Wildman–Crippen MR) is 106 cm³/mol. The number of rotatable bonds is 5. The summed E-state index contributed by atoms with van der Waals surface area (Å²) in [5, 5.41) is 1.48. The van der Waals surface area contributed by atoms with Crippen molar-refractivity contribution in [1.29, 1.82) is 0 Å². The third-order valence-electron chi connectivity index (χ3n) is 3.81. The van der Waals surface area contributed by atoms with Crippen LogP contribution in [0.3, 0.4) is 0 Å². The zero-order chi connectivity index (χ0) is 19.5. The smallest absolute Gasteiger partial charge is 0.206 e. The number of benzene rings is 3. The van der Waals surface area contributed by atoms with E-state index in [-0.39, 0.29) is 14.7 Å².